The van der Waals surface area contributed by atoms with Gasteiger partial charge in [0.1, 0.15) is 5.82 Å². The fourth-order valence-electron chi connectivity index (χ4n) is 3.24. The van der Waals surface area contributed by atoms with Gasteiger partial charge < -0.3 is 5.32 Å². The van der Waals surface area contributed by atoms with Gasteiger partial charge in [0.15, 0.2) is 0 Å². The summed E-state index contributed by atoms with van der Waals surface area (Å²) in [7, 11) is 0. The van der Waals surface area contributed by atoms with Gasteiger partial charge in [0.05, 0.1) is 0 Å². The lowest BCUT2D eigenvalue weighted by atomic mass is 9.89. The summed E-state index contributed by atoms with van der Waals surface area (Å²) in [6.07, 6.45) is 4.03. The van der Waals surface area contributed by atoms with E-state index in [1.807, 2.05) is 12.1 Å². The molecule has 1 unspecified atom stereocenters. The molecule has 1 aliphatic carbocycles. The molecule has 0 amide bonds. The second kappa shape index (κ2) is 5.82. The molecule has 3 heteroatoms. The van der Waals surface area contributed by atoms with Gasteiger partial charge in [-0.2, -0.15) is 0 Å². The Morgan fingerprint density at radius 1 is 1.30 bits per heavy atom. The SMILES string of the molecule is CC1(CN(Cc2ccc(F)cc2)CC2CC2)CCNC1. The maximum Gasteiger partial charge on any atom is 0.123 e. The second-order valence-electron chi connectivity index (χ2n) is 6.98. The summed E-state index contributed by atoms with van der Waals surface area (Å²) in [4.78, 5) is 2.58. The minimum atomic E-state index is -0.144. The molecule has 0 radical (unpaired) electrons. The van der Waals surface area contributed by atoms with Crippen molar-refractivity contribution >= 4 is 0 Å². The van der Waals surface area contributed by atoms with Crippen LogP contribution in [-0.2, 0) is 6.54 Å². The quantitative estimate of drug-likeness (QED) is 0.859. The second-order valence-corrected chi connectivity index (χ2v) is 6.98. The van der Waals surface area contributed by atoms with Crippen molar-refractivity contribution in [2.24, 2.45) is 11.3 Å². The average Bonchev–Trinajstić information content (AvgIpc) is 3.12. The molecular weight excluding hydrogens is 251 g/mol. The number of rotatable bonds is 6. The predicted molar refractivity (Wildman–Crippen MR) is 80.0 cm³/mol. The van der Waals surface area contributed by atoms with Crippen LogP contribution in [0.1, 0.15) is 31.7 Å². The van der Waals surface area contributed by atoms with E-state index >= 15 is 0 Å². The van der Waals surface area contributed by atoms with Crippen LogP contribution in [0.4, 0.5) is 4.39 Å². The molecule has 1 atom stereocenters. The topological polar surface area (TPSA) is 15.3 Å². The Labute approximate surface area is 121 Å². The van der Waals surface area contributed by atoms with Crippen LogP contribution in [-0.4, -0.2) is 31.1 Å². The fourth-order valence-corrected chi connectivity index (χ4v) is 3.24. The van der Waals surface area contributed by atoms with Gasteiger partial charge in [0, 0.05) is 26.2 Å². The zero-order valence-electron chi connectivity index (χ0n) is 12.4. The molecule has 2 fully saturated rings. The van der Waals surface area contributed by atoms with Crippen molar-refractivity contribution in [2.45, 2.75) is 32.7 Å². The van der Waals surface area contributed by atoms with Crippen LogP contribution in [0.2, 0.25) is 0 Å². The summed E-state index contributed by atoms with van der Waals surface area (Å²) in [5, 5.41) is 3.48. The van der Waals surface area contributed by atoms with Crippen LogP contribution in [0, 0.1) is 17.2 Å². The van der Waals surface area contributed by atoms with Crippen molar-refractivity contribution in [3.8, 4) is 0 Å². The summed E-state index contributed by atoms with van der Waals surface area (Å²) in [5.74, 6) is 0.753. The summed E-state index contributed by atoms with van der Waals surface area (Å²) in [6, 6.07) is 6.99. The molecule has 1 N–H and O–H groups in total. The molecule has 3 rings (SSSR count). The van der Waals surface area contributed by atoms with Crippen molar-refractivity contribution in [3.05, 3.63) is 35.6 Å². The van der Waals surface area contributed by atoms with Crippen LogP contribution < -0.4 is 5.32 Å². The Morgan fingerprint density at radius 2 is 2.05 bits per heavy atom. The van der Waals surface area contributed by atoms with Gasteiger partial charge in [-0.1, -0.05) is 19.1 Å². The highest BCUT2D eigenvalue weighted by Crippen LogP contribution is 2.33. The van der Waals surface area contributed by atoms with E-state index in [1.54, 1.807) is 12.1 Å². The lowest BCUT2D eigenvalue weighted by Crippen LogP contribution is -2.38. The Hall–Kier alpha value is -0.930. The van der Waals surface area contributed by atoms with Gasteiger partial charge in [-0.15, -0.1) is 0 Å². The smallest absolute Gasteiger partial charge is 0.123 e. The third kappa shape index (κ3) is 3.80. The minimum Gasteiger partial charge on any atom is -0.316 e. The van der Waals surface area contributed by atoms with E-state index in [0.29, 0.717) is 5.41 Å². The van der Waals surface area contributed by atoms with Crippen LogP contribution in [0.25, 0.3) is 0 Å². The Balaban J connectivity index is 1.63. The van der Waals surface area contributed by atoms with Crippen molar-refractivity contribution in [3.63, 3.8) is 0 Å². The van der Waals surface area contributed by atoms with E-state index in [4.69, 9.17) is 0 Å². The molecular formula is C17H25FN2. The molecule has 0 aromatic heterocycles. The van der Waals surface area contributed by atoms with Crippen molar-refractivity contribution in [1.29, 1.82) is 0 Å². The molecule has 20 heavy (non-hydrogen) atoms. The van der Waals surface area contributed by atoms with E-state index < -0.39 is 0 Å². The first-order chi connectivity index (χ1) is 9.63. The summed E-state index contributed by atoms with van der Waals surface area (Å²) in [6.45, 7) is 7.95. The first kappa shape index (κ1) is 14.0. The summed E-state index contributed by atoms with van der Waals surface area (Å²) >= 11 is 0. The lowest BCUT2D eigenvalue weighted by Gasteiger charge is -2.32. The number of nitrogens with one attached hydrogen (secondary N) is 1. The zero-order chi connectivity index (χ0) is 14.0. The first-order valence-corrected chi connectivity index (χ1v) is 7.81. The number of hydrogen-bond acceptors (Lipinski definition) is 2. The number of nitrogens with zero attached hydrogens (tertiary/aromatic N) is 1. The number of benzene rings is 1. The molecule has 2 nitrogen and oxygen atoms in total. The Bertz CT molecular complexity index is 433. The van der Waals surface area contributed by atoms with E-state index in [1.165, 1.54) is 31.4 Å². The van der Waals surface area contributed by atoms with E-state index in [9.17, 15) is 4.39 Å². The molecule has 0 spiro atoms. The highest BCUT2D eigenvalue weighted by molar-refractivity contribution is 5.16. The van der Waals surface area contributed by atoms with Gasteiger partial charge in [0.2, 0.25) is 0 Å². The largest absolute Gasteiger partial charge is 0.316 e. The van der Waals surface area contributed by atoms with Crippen molar-refractivity contribution in [2.75, 3.05) is 26.2 Å². The predicted octanol–water partition coefficient (Wildman–Crippen LogP) is 3.04. The summed E-state index contributed by atoms with van der Waals surface area (Å²) in [5.41, 5.74) is 1.62. The number of hydrogen-bond donors (Lipinski definition) is 1. The van der Waals surface area contributed by atoms with E-state index in [-0.39, 0.29) is 5.82 Å². The lowest BCUT2D eigenvalue weighted by molar-refractivity contribution is 0.164. The maximum absolute atomic E-state index is 13.0. The fraction of sp³-hybridized carbons (Fsp3) is 0.647. The first-order valence-electron chi connectivity index (χ1n) is 7.81. The third-order valence-electron chi connectivity index (χ3n) is 4.60. The molecule has 2 aliphatic rings. The van der Waals surface area contributed by atoms with Gasteiger partial charge in [-0.05, 0) is 54.8 Å². The highest BCUT2D eigenvalue weighted by Gasteiger charge is 2.33. The normalized spacial score (nSPS) is 26.4. The Kier molecular flexibility index (Phi) is 4.08. The zero-order valence-corrected chi connectivity index (χ0v) is 12.4. The molecule has 1 saturated heterocycles. The van der Waals surface area contributed by atoms with Crippen LogP contribution in [0.15, 0.2) is 24.3 Å². The van der Waals surface area contributed by atoms with Crippen LogP contribution in [0.3, 0.4) is 0 Å². The van der Waals surface area contributed by atoms with Crippen LogP contribution >= 0.6 is 0 Å². The van der Waals surface area contributed by atoms with Crippen molar-refractivity contribution in [1.82, 2.24) is 10.2 Å². The van der Waals surface area contributed by atoms with Gasteiger partial charge >= 0.3 is 0 Å². The molecule has 0 bridgehead atoms. The molecule has 1 aliphatic heterocycles. The molecule has 1 aromatic carbocycles. The number of halogens is 1. The average molecular weight is 276 g/mol. The van der Waals surface area contributed by atoms with E-state index in [0.717, 1.165) is 32.1 Å². The monoisotopic (exact) mass is 276 g/mol. The Morgan fingerprint density at radius 3 is 2.65 bits per heavy atom. The van der Waals surface area contributed by atoms with Crippen molar-refractivity contribution < 1.29 is 4.39 Å². The van der Waals surface area contributed by atoms with Gasteiger partial charge in [-0.25, -0.2) is 4.39 Å². The molecule has 110 valence electrons. The summed E-state index contributed by atoms with van der Waals surface area (Å²) < 4.78 is 13.0. The maximum atomic E-state index is 13.0. The minimum absolute atomic E-state index is 0.144. The standard InChI is InChI=1S/C17H25FN2/c1-17(8-9-19-12-17)13-20(10-14-2-3-14)11-15-4-6-16(18)7-5-15/h4-7,14,19H,2-3,8-13H2,1H3. The third-order valence-corrected chi connectivity index (χ3v) is 4.60. The van der Waals surface area contributed by atoms with Gasteiger partial charge in [0.25, 0.3) is 0 Å². The van der Waals surface area contributed by atoms with E-state index in [2.05, 4.69) is 17.1 Å². The molecule has 1 saturated carbocycles. The highest BCUT2D eigenvalue weighted by atomic mass is 19.1. The van der Waals surface area contributed by atoms with Crippen LogP contribution in [0.5, 0.6) is 0 Å². The molecule has 1 heterocycles. The van der Waals surface area contributed by atoms with Gasteiger partial charge in [-0.3, -0.25) is 4.90 Å². The molecule has 1 aromatic rings.